The first kappa shape index (κ1) is 16.9. The van der Waals surface area contributed by atoms with Crippen LogP contribution in [0.1, 0.15) is 13.8 Å². The number of hydrogen-bond donors (Lipinski definition) is 1. The zero-order chi connectivity index (χ0) is 17.1. The SMILES string of the molecule is CCN(CC)CC(=O)NCn1cnc2c1c(=O)n(C)c(=O)n2C. The summed E-state index contributed by atoms with van der Waals surface area (Å²) < 4.78 is 3.88. The molecule has 0 bridgehead atoms. The van der Waals surface area contributed by atoms with E-state index in [-0.39, 0.29) is 18.1 Å². The van der Waals surface area contributed by atoms with E-state index in [4.69, 9.17) is 0 Å². The number of likely N-dealkylation sites (N-methyl/N-ethyl adjacent to an activating group) is 1. The number of rotatable bonds is 6. The summed E-state index contributed by atoms with van der Waals surface area (Å²) in [6.07, 6.45) is 1.45. The van der Waals surface area contributed by atoms with Gasteiger partial charge in [-0.2, -0.15) is 0 Å². The Morgan fingerprint density at radius 3 is 2.48 bits per heavy atom. The summed E-state index contributed by atoms with van der Waals surface area (Å²) in [5.41, 5.74) is -0.272. The first-order chi connectivity index (χ1) is 10.9. The summed E-state index contributed by atoms with van der Waals surface area (Å²) in [6, 6.07) is 0. The number of aromatic nitrogens is 4. The van der Waals surface area contributed by atoms with Gasteiger partial charge in [-0.05, 0) is 13.1 Å². The smallest absolute Gasteiger partial charge is 0.332 e. The quantitative estimate of drug-likeness (QED) is 0.725. The van der Waals surface area contributed by atoms with Crippen molar-refractivity contribution in [2.75, 3.05) is 19.6 Å². The zero-order valence-electron chi connectivity index (χ0n) is 13.9. The minimum atomic E-state index is -0.432. The number of nitrogens with one attached hydrogen (secondary N) is 1. The molecule has 0 aliphatic heterocycles. The fourth-order valence-electron chi connectivity index (χ4n) is 2.40. The van der Waals surface area contributed by atoms with Crippen molar-refractivity contribution < 1.29 is 4.79 Å². The maximum absolute atomic E-state index is 12.3. The van der Waals surface area contributed by atoms with Crippen LogP contribution in [0.2, 0.25) is 0 Å². The lowest BCUT2D eigenvalue weighted by molar-refractivity contribution is -0.122. The average molecular weight is 322 g/mol. The molecule has 0 atom stereocenters. The van der Waals surface area contributed by atoms with Gasteiger partial charge in [0.05, 0.1) is 19.5 Å². The van der Waals surface area contributed by atoms with E-state index in [0.29, 0.717) is 12.2 Å². The highest BCUT2D eigenvalue weighted by molar-refractivity contribution is 5.78. The summed E-state index contributed by atoms with van der Waals surface area (Å²) in [7, 11) is 2.97. The van der Waals surface area contributed by atoms with Gasteiger partial charge in [-0.15, -0.1) is 0 Å². The fraction of sp³-hybridized carbons (Fsp3) is 0.571. The number of amides is 1. The Hall–Kier alpha value is -2.42. The Morgan fingerprint density at radius 2 is 1.87 bits per heavy atom. The van der Waals surface area contributed by atoms with Crippen molar-refractivity contribution in [3.05, 3.63) is 27.2 Å². The summed E-state index contributed by atoms with van der Waals surface area (Å²) >= 11 is 0. The van der Waals surface area contributed by atoms with Crippen LogP contribution in [0, 0.1) is 0 Å². The second kappa shape index (κ2) is 6.78. The molecule has 0 aliphatic carbocycles. The fourth-order valence-corrected chi connectivity index (χ4v) is 2.40. The normalized spacial score (nSPS) is 11.3. The third-order valence-electron chi connectivity index (χ3n) is 3.93. The van der Waals surface area contributed by atoms with Crippen LogP contribution in [0.4, 0.5) is 0 Å². The number of fused-ring (bicyclic) bond motifs is 1. The van der Waals surface area contributed by atoms with Gasteiger partial charge in [0.2, 0.25) is 5.91 Å². The Kier molecular flexibility index (Phi) is 4.99. The molecule has 23 heavy (non-hydrogen) atoms. The topological polar surface area (TPSA) is 94.2 Å². The monoisotopic (exact) mass is 322 g/mol. The highest BCUT2D eigenvalue weighted by Crippen LogP contribution is 2.04. The standard InChI is InChI=1S/C14H22N6O3/c1-5-19(6-2)7-10(21)15-8-20-9-16-12-11(20)13(22)18(4)14(23)17(12)3/h9H,5-8H2,1-4H3,(H,15,21). The van der Waals surface area contributed by atoms with E-state index in [1.165, 1.54) is 22.5 Å². The van der Waals surface area contributed by atoms with Crippen molar-refractivity contribution in [1.82, 2.24) is 28.9 Å². The molecule has 0 radical (unpaired) electrons. The minimum absolute atomic E-state index is 0.128. The van der Waals surface area contributed by atoms with E-state index < -0.39 is 11.2 Å². The van der Waals surface area contributed by atoms with Gasteiger partial charge in [-0.1, -0.05) is 13.8 Å². The van der Waals surface area contributed by atoms with Crippen molar-refractivity contribution in [2.45, 2.75) is 20.5 Å². The van der Waals surface area contributed by atoms with Gasteiger partial charge in [-0.3, -0.25) is 23.6 Å². The van der Waals surface area contributed by atoms with Crippen LogP contribution in [-0.2, 0) is 25.6 Å². The molecule has 0 aliphatic rings. The summed E-state index contributed by atoms with van der Waals surface area (Å²) in [5, 5.41) is 2.76. The van der Waals surface area contributed by atoms with Gasteiger partial charge in [0.15, 0.2) is 11.2 Å². The van der Waals surface area contributed by atoms with Gasteiger partial charge in [0.25, 0.3) is 5.56 Å². The van der Waals surface area contributed by atoms with E-state index in [0.717, 1.165) is 17.7 Å². The third kappa shape index (κ3) is 3.19. The van der Waals surface area contributed by atoms with Gasteiger partial charge >= 0.3 is 5.69 Å². The van der Waals surface area contributed by atoms with Gasteiger partial charge < -0.3 is 9.88 Å². The Labute approximate surface area is 133 Å². The zero-order valence-corrected chi connectivity index (χ0v) is 13.9. The summed E-state index contributed by atoms with van der Waals surface area (Å²) in [5.74, 6) is -0.128. The van der Waals surface area contributed by atoms with E-state index in [1.807, 2.05) is 18.7 Å². The lowest BCUT2D eigenvalue weighted by atomic mass is 10.4. The number of nitrogens with zero attached hydrogens (tertiary/aromatic N) is 5. The molecule has 0 fully saturated rings. The second-order valence-electron chi connectivity index (χ2n) is 5.31. The molecule has 0 spiro atoms. The van der Waals surface area contributed by atoms with Crippen LogP contribution in [0.3, 0.4) is 0 Å². The molecule has 0 saturated carbocycles. The Bertz CT molecular complexity index is 827. The first-order valence-electron chi connectivity index (χ1n) is 7.50. The van der Waals surface area contributed by atoms with Gasteiger partial charge in [-0.25, -0.2) is 9.78 Å². The molecule has 1 amide bonds. The van der Waals surface area contributed by atoms with Crippen molar-refractivity contribution in [3.63, 3.8) is 0 Å². The van der Waals surface area contributed by atoms with Crippen molar-refractivity contribution in [3.8, 4) is 0 Å². The molecule has 2 aromatic heterocycles. The van der Waals surface area contributed by atoms with E-state index >= 15 is 0 Å². The highest BCUT2D eigenvalue weighted by Gasteiger charge is 2.14. The molecule has 9 nitrogen and oxygen atoms in total. The molecule has 2 rings (SSSR count). The van der Waals surface area contributed by atoms with Crippen LogP contribution in [0.25, 0.3) is 11.2 Å². The van der Waals surface area contributed by atoms with Crippen molar-refractivity contribution in [2.24, 2.45) is 14.1 Å². The van der Waals surface area contributed by atoms with Crippen LogP contribution in [-0.4, -0.2) is 49.1 Å². The van der Waals surface area contributed by atoms with E-state index in [9.17, 15) is 14.4 Å². The first-order valence-corrected chi connectivity index (χ1v) is 7.50. The van der Waals surface area contributed by atoms with Crippen molar-refractivity contribution >= 4 is 17.1 Å². The third-order valence-corrected chi connectivity index (χ3v) is 3.93. The lowest BCUT2D eigenvalue weighted by Gasteiger charge is -2.17. The molecule has 1 N–H and O–H groups in total. The highest BCUT2D eigenvalue weighted by atomic mass is 16.2. The average Bonchev–Trinajstić information content (AvgIpc) is 2.98. The van der Waals surface area contributed by atoms with Crippen molar-refractivity contribution in [1.29, 1.82) is 0 Å². The molecule has 0 saturated heterocycles. The van der Waals surface area contributed by atoms with Gasteiger partial charge in [0.1, 0.15) is 0 Å². The number of carbonyl (C=O) groups excluding carboxylic acids is 1. The van der Waals surface area contributed by atoms with Gasteiger partial charge in [0, 0.05) is 14.1 Å². The van der Waals surface area contributed by atoms with Crippen LogP contribution < -0.4 is 16.6 Å². The maximum Gasteiger partial charge on any atom is 0.332 e. The van der Waals surface area contributed by atoms with Crippen LogP contribution in [0.15, 0.2) is 15.9 Å². The van der Waals surface area contributed by atoms with Crippen LogP contribution in [0.5, 0.6) is 0 Å². The summed E-state index contributed by atoms with van der Waals surface area (Å²) in [4.78, 5) is 42.2. The molecule has 2 aromatic rings. The van der Waals surface area contributed by atoms with E-state index in [2.05, 4.69) is 10.3 Å². The minimum Gasteiger partial charge on any atom is -0.337 e. The Morgan fingerprint density at radius 1 is 1.22 bits per heavy atom. The van der Waals surface area contributed by atoms with E-state index in [1.54, 1.807) is 7.05 Å². The summed E-state index contributed by atoms with van der Waals surface area (Å²) in [6.45, 7) is 6.00. The molecule has 2 heterocycles. The lowest BCUT2D eigenvalue weighted by Crippen LogP contribution is -2.39. The molecule has 0 aromatic carbocycles. The molecule has 0 unspecified atom stereocenters. The molecular weight excluding hydrogens is 300 g/mol. The Balaban J connectivity index is 2.24. The molecule has 9 heteroatoms. The maximum atomic E-state index is 12.3. The number of hydrogen-bond acceptors (Lipinski definition) is 5. The largest absolute Gasteiger partial charge is 0.337 e. The number of aryl methyl sites for hydroxylation is 1. The molecular formula is C14H22N6O3. The second-order valence-corrected chi connectivity index (χ2v) is 5.31. The predicted molar refractivity (Wildman–Crippen MR) is 86.1 cm³/mol. The number of imidazole rings is 1. The van der Waals surface area contributed by atoms with Crippen LogP contribution >= 0.6 is 0 Å². The molecule has 126 valence electrons. The number of carbonyl (C=O) groups is 1. The predicted octanol–water partition coefficient (Wildman–Crippen LogP) is -1.15.